The molecule has 7 heteroatoms. The van der Waals surface area contributed by atoms with E-state index in [1.807, 2.05) is 6.92 Å². The largest absolute Gasteiger partial charge is 0.382 e. The number of rotatable bonds is 9. The number of hydrogen-bond donors (Lipinski definition) is 0. The van der Waals surface area contributed by atoms with Gasteiger partial charge in [-0.2, -0.15) is 0 Å². The molecule has 2 heterocycles. The van der Waals surface area contributed by atoms with Crippen LogP contribution in [0.3, 0.4) is 0 Å². The topological polar surface area (TPSA) is 75.6 Å². The molecule has 2 bridgehead atoms. The maximum atomic E-state index is 13.1. The fourth-order valence-electron chi connectivity index (χ4n) is 5.51. The van der Waals surface area contributed by atoms with E-state index in [-0.39, 0.29) is 22.6 Å². The summed E-state index contributed by atoms with van der Waals surface area (Å²) < 4.78 is 5.41. The Bertz CT molecular complexity index is 739. The van der Waals surface area contributed by atoms with Gasteiger partial charge in [0.1, 0.15) is 5.69 Å². The van der Waals surface area contributed by atoms with Gasteiger partial charge >= 0.3 is 0 Å². The van der Waals surface area contributed by atoms with E-state index >= 15 is 0 Å². The lowest BCUT2D eigenvalue weighted by Crippen LogP contribution is -2.40. The molecule has 1 saturated carbocycles. The second-order valence-corrected chi connectivity index (χ2v) is 9.92. The summed E-state index contributed by atoms with van der Waals surface area (Å²) in [4.78, 5) is 38.0. The molecule has 2 fully saturated rings. The van der Waals surface area contributed by atoms with Gasteiger partial charge in [-0.25, -0.2) is 4.98 Å². The van der Waals surface area contributed by atoms with Gasteiger partial charge in [0.15, 0.2) is 0 Å². The quantitative estimate of drug-likeness (QED) is 0.578. The molecular formula is C23H36N4O3. The third-order valence-electron chi connectivity index (χ3n) is 6.32. The molecular weight excluding hydrogens is 380 g/mol. The van der Waals surface area contributed by atoms with Crippen molar-refractivity contribution >= 4 is 11.8 Å². The Morgan fingerprint density at radius 1 is 1.23 bits per heavy atom. The van der Waals surface area contributed by atoms with Gasteiger partial charge in [0.2, 0.25) is 5.91 Å². The van der Waals surface area contributed by atoms with E-state index in [0.717, 1.165) is 32.2 Å². The molecule has 2 aliphatic rings. The SMILES string of the molecule is CCOCCCN(CCC(=O)N1CC2(C)CC1CC(C)(C)C2)C(=O)c1cnccn1. The van der Waals surface area contributed by atoms with Crippen LogP contribution in [0.4, 0.5) is 0 Å². The van der Waals surface area contributed by atoms with Crippen LogP contribution in [0.15, 0.2) is 18.6 Å². The van der Waals surface area contributed by atoms with Crippen molar-refractivity contribution in [3.8, 4) is 0 Å². The average Bonchev–Trinajstić information content (AvgIpc) is 2.96. The first-order valence-corrected chi connectivity index (χ1v) is 11.2. The van der Waals surface area contributed by atoms with Gasteiger partial charge in [-0.1, -0.05) is 20.8 Å². The first-order valence-electron chi connectivity index (χ1n) is 11.2. The van der Waals surface area contributed by atoms with Crippen LogP contribution in [0.25, 0.3) is 0 Å². The second-order valence-electron chi connectivity index (χ2n) is 9.92. The first kappa shape index (κ1) is 22.7. The maximum absolute atomic E-state index is 13.1. The van der Waals surface area contributed by atoms with Crippen molar-refractivity contribution in [3.05, 3.63) is 24.3 Å². The van der Waals surface area contributed by atoms with E-state index in [4.69, 9.17) is 4.74 Å². The summed E-state index contributed by atoms with van der Waals surface area (Å²) in [5.41, 5.74) is 0.807. The predicted octanol–water partition coefficient (Wildman–Crippen LogP) is 3.16. The number of likely N-dealkylation sites (tertiary alicyclic amines) is 1. The van der Waals surface area contributed by atoms with Gasteiger partial charge in [-0.3, -0.25) is 14.6 Å². The minimum atomic E-state index is -0.180. The van der Waals surface area contributed by atoms with E-state index in [1.165, 1.54) is 12.4 Å². The molecule has 1 aliphatic heterocycles. The molecule has 0 N–H and O–H groups in total. The molecule has 1 aliphatic carbocycles. The highest BCUT2D eigenvalue weighted by Crippen LogP contribution is 2.52. The molecule has 166 valence electrons. The first-order chi connectivity index (χ1) is 14.2. The van der Waals surface area contributed by atoms with Crippen LogP contribution < -0.4 is 0 Å². The van der Waals surface area contributed by atoms with Crippen LogP contribution in [-0.4, -0.2) is 70.5 Å². The van der Waals surface area contributed by atoms with Crippen molar-refractivity contribution in [1.82, 2.24) is 19.8 Å². The van der Waals surface area contributed by atoms with Gasteiger partial charge in [0.25, 0.3) is 5.91 Å². The van der Waals surface area contributed by atoms with Gasteiger partial charge in [0.05, 0.1) is 6.20 Å². The van der Waals surface area contributed by atoms with Crippen molar-refractivity contribution in [1.29, 1.82) is 0 Å². The van der Waals surface area contributed by atoms with E-state index in [9.17, 15) is 9.59 Å². The highest BCUT2D eigenvalue weighted by molar-refractivity contribution is 5.92. The third kappa shape index (κ3) is 5.56. The lowest BCUT2D eigenvalue weighted by atomic mass is 9.65. The number of amides is 2. The fraction of sp³-hybridized carbons (Fsp3) is 0.739. The minimum Gasteiger partial charge on any atom is -0.382 e. The lowest BCUT2D eigenvalue weighted by molar-refractivity contribution is -0.132. The lowest BCUT2D eigenvalue weighted by Gasteiger charge is -2.39. The average molecular weight is 417 g/mol. The maximum Gasteiger partial charge on any atom is 0.274 e. The summed E-state index contributed by atoms with van der Waals surface area (Å²) in [5.74, 6) is -0.0242. The van der Waals surface area contributed by atoms with Crippen LogP contribution in [0.1, 0.15) is 70.3 Å². The number of carbonyl (C=O) groups is 2. The van der Waals surface area contributed by atoms with Crippen LogP contribution >= 0.6 is 0 Å². The van der Waals surface area contributed by atoms with Gasteiger partial charge < -0.3 is 14.5 Å². The summed E-state index contributed by atoms with van der Waals surface area (Å²) >= 11 is 0. The third-order valence-corrected chi connectivity index (χ3v) is 6.32. The highest BCUT2D eigenvalue weighted by Gasteiger charge is 2.50. The number of fused-ring (bicyclic) bond motifs is 2. The smallest absolute Gasteiger partial charge is 0.274 e. The van der Waals surface area contributed by atoms with Crippen molar-refractivity contribution in [2.75, 3.05) is 32.8 Å². The molecule has 1 aromatic rings. The summed E-state index contributed by atoms with van der Waals surface area (Å²) in [6, 6.07) is 0.327. The molecule has 0 spiro atoms. The Morgan fingerprint density at radius 2 is 2.03 bits per heavy atom. The van der Waals surface area contributed by atoms with E-state index in [1.54, 1.807) is 11.1 Å². The van der Waals surface area contributed by atoms with Crippen LogP contribution in [-0.2, 0) is 9.53 Å². The number of aromatic nitrogens is 2. The molecule has 2 unspecified atom stereocenters. The molecule has 1 aromatic heterocycles. The van der Waals surface area contributed by atoms with Gasteiger partial charge in [-0.05, 0) is 43.4 Å². The molecule has 0 aromatic carbocycles. The van der Waals surface area contributed by atoms with Crippen molar-refractivity contribution in [3.63, 3.8) is 0 Å². The molecule has 2 amide bonds. The van der Waals surface area contributed by atoms with Crippen LogP contribution in [0.2, 0.25) is 0 Å². The summed E-state index contributed by atoms with van der Waals surface area (Å²) in [7, 11) is 0. The highest BCUT2D eigenvalue weighted by atomic mass is 16.5. The summed E-state index contributed by atoms with van der Waals surface area (Å²) in [6.07, 6.45) is 8.93. The zero-order chi connectivity index (χ0) is 21.8. The molecule has 7 nitrogen and oxygen atoms in total. The van der Waals surface area contributed by atoms with Gasteiger partial charge in [0, 0.05) is 57.7 Å². The zero-order valence-electron chi connectivity index (χ0n) is 18.9. The van der Waals surface area contributed by atoms with Crippen molar-refractivity contribution in [2.45, 2.75) is 65.8 Å². The van der Waals surface area contributed by atoms with E-state index in [0.29, 0.717) is 44.5 Å². The zero-order valence-corrected chi connectivity index (χ0v) is 18.9. The fourth-order valence-corrected chi connectivity index (χ4v) is 5.51. The number of hydrogen-bond acceptors (Lipinski definition) is 5. The summed E-state index contributed by atoms with van der Waals surface area (Å²) in [6.45, 7) is 11.9. The molecule has 1 saturated heterocycles. The monoisotopic (exact) mass is 416 g/mol. The Hall–Kier alpha value is -2.02. The van der Waals surface area contributed by atoms with E-state index < -0.39 is 0 Å². The Kier molecular flexibility index (Phi) is 7.11. The summed E-state index contributed by atoms with van der Waals surface area (Å²) in [5, 5.41) is 0. The Balaban J connectivity index is 1.61. The number of nitrogens with zero attached hydrogens (tertiary/aromatic N) is 4. The normalized spacial score (nSPS) is 24.7. The van der Waals surface area contributed by atoms with Crippen molar-refractivity contribution in [2.24, 2.45) is 10.8 Å². The molecule has 2 atom stereocenters. The van der Waals surface area contributed by atoms with E-state index in [2.05, 4.69) is 35.6 Å². The molecule has 3 rings (SSSR count). The second kappa shape index (κ2) is 9.41. The molecule has 30 heavy (non-hydrogen) atoms. The van der Waals surface area contributed by atoms with Crippen molar-refractivity contribution < 1.29 is 14.3 Å². The minimum absolute atomic E-state index is 0.156. The van der Waals surface area contributed by atoms with Gasteiger partial charge in [-0.15, -0.1) is 0 Å². The Morgan fingerprint density at radius 3 is 2.73 bits per heavy atom. The van der Waals surface area contributed by atoms with Crippen LogP contribution in [0, 0.1) is 10.8 Å². The Labute approximate surface area is 180 Å². The molecule has 0 radical (unpaired) electrons. The van der Waals surface area contributed by atoms with Crippen LogP contribution in [0.5, 0.6) is 0 Å². The standard InChI is InChI=1S/C23H36N4O3/c1-5-30-12-6-10-26(21(29)19-15-24-8-9-25-19)11-7-20(28)27-17-23(4)14-18(27)13-22(2,3)16-23/h8-9,15,18H,5-7,10-14,16-17H2,1-4H3. The number of ether oxygens (including phenoxy) is 1. The predicted molar refractivity (Wildman–Crippen MR) is 115 cm³/mol. The number of carbonyl (C=O) groups excluding carboxylic acids is 2.